The number of likely N-dealkylation sites (tertiary alicyclic amines) is 1. The van der Waals surface area contributed by atoms with Crippen LogP contribution >= 0.6 is 0 Å². The molecule has 2 saturated heterocycles. The highest BCUT2D eigenvalue weighted by molar-refractivity contribution is 5.86. The second-order valence-electron chi connectivity index (χ2n) is 7.44. The Morgan fingerprint density at radius 1 is 1.00 bits per heavy atom. The Morgan fingerprint density at radius 3 is 2.46 bits per heavy atom. The maximum Gasteiger partial charge on any atom is 0.228 e. The highest BCUT2D eigenvalue weighted by Gasteiger charge is 2.46. The van der Waals surface area contributed by atoms with Gasteiger partial charge in [0.05, 0.1) is 11.8 Å². The van der Waals surface area contributed by atoms with Gasteiger partial charge in [-0.2, -0.15) is 0 Å². The summed E-state index contributed by atoms with van der Waals surface area (Å²) >= 11 is 0. The summed E-state index contributed by atoms with van der Waals surface area (Å²) in [5, 5.41) is 2.97. The van der Waals surface area contributed by atoms with Gasteiger partial charge in [0, 0.05) is 19.6 Å². The number of carbonyl (C=O) groups is 2. The molecule has 1 unspecified atom stereocenters. The zero-order valence-electron chi connectivity index (χ0n) is 14.9. The van der Waals surface area contributed by atoms with E-state index in [4.69, 9.17) is 0 Å². The predicted octanol–water partition coefficient (Wildman–Crippen LogP) is 3.02. The van der Waals surface area contributed by atoms with Crippen molar-refractivity contribution in [3.63, 3.8) is 0 Å². The van der Waals surface area contributed by atoms with E-state index >= 15 is 0 Å². The number of piperidine rings is 1. The highest BCUT2D eigenvalue weighted by atomic mass is 16.2. The van der Waals surface area contributed by atoms with Gasteiger partial charge in [0.2, 0.25) is 11.8 Å². The Balaban J connectivity index is 1.40. The van der Waals surface area contributed by atoms with Crippen molar-refractivity contribution in [2.24, 2.45) is 5.41 Å². The van der Waals surface area contributed by atoms with Gasteiger partial charge < -0.3 is 10.2 Å². The van der Waals surface area contributed by atoms with Gasteiger partial charge in [0.25, 0.3) is 0 Å². The van der Waals surface area contributed by atoms with E-state index in [1.54, 1.807) is 0 Å². The molecule has 2 aliphatic heterocycles. The topological polar surface area (TPSA) is 49.4 Å². The third kappa shape index (κ3) is 3.24. The SMILES string of the molecule is O=C(Cc1ccc(-c2ccccc2)cc1)N1CCC2(CCCNC2=O)C1. The molecule has 0 radical (unpaired) electrons. The Labute approximate surface area is 154 Å². The van der Waals surface area contributed by atoms with Gasteiger partial charge in [0.1, 0.15) is 0 Å². The average molecular weight is 348 g/mol. The molecule has 1 N–H and O–H groups in total. The molecular weight excluding hydrogens is 324 g/mol. The van der Waals surface area contributed by atoms with Crippen molar-refractivity contribution in [3.05, 3.63) is 60.2 Å². The Hall–Kier alpha value is -2.62. The zero-order chi connectivity index (χ0) is 18.0. The van der Waals surface area contributed by atoms with Crippen molar-refractivity contribution in [1.29, 1.82) is 0 Å². The minimum absolute atomic E-state index is 0.118. The summed E-state index contributed by atoms with van der Waals surface area (Å²) in [6, 6.07) is 18.4. The van der Waals surface area contributed by atoms with Crippen LogP contribution in [0.25, 0.3) is 11.1 Å². The van der Waals surface area contributed by atoms with Gasteiger partial charge in [-0.05, 0) is 36.0 Å². The van der Waals surface area contributed by atoms with Gasteiger partial charge in [-0.3, -0.25) is 9.59 Å². The Morgan fingerprint density at radius 2 is 1.73 bits per heavy atom. The fourth-order valence-corrected chi connectivity index (χ4v) is 4.14. The number of nitrogens with one attached hydrogen (secondary N) is 1. The second kappa shape index (κ2) is 6.94. The minimum atomic E-state index is -0.342. The molecule has 1 spiro atoms. The maximum atomic E-state index is 12.7. The lowest BCUT2D eigenvalue weighted by Crippen LogP contribution is -2.48. The monoisotopic (exact) mass is 348 g/mol. The molecule has 2 aromatic rings. The van der Waals surface area contributed by atoms with Crippen LogP contribution in [-0.2, 0) is 16.0 Å². The standard InChI is InChI=1S/C22H24N2O2/c25-20(24-14-12-22(16-24)11-4-13-23-21(22)26)15-17-7-9-19(10-8-17)18-5-2-1-3-6-18/h1-3,5-10H,4,11-16H2,(H,23,26). The summed E-state index contributed by atoms with van der Waals surface area (Å²) in [5.74, 6) is 0.249. The number of rotatable bonds is 3. The van der Waals surface area contributed by atoms with Crippen molar-refractivity contribution < 1.29 is 9.59 Å². The summed E-state index contributed by atoms with van der Waals surface area (Å²) in [5.41, 5.74) is 3.00. The molecule has 2 heterocycles. The van der Waals surface area contributed by atoms with Gasteiger partial charge in [-0.1, -0.05) is 54.6 Å². The predicted molar refractivity (Wildman–Crippen MR) is 101 cm³/mol. The number of hydrogen-bond donors (Lipinski definition) is 1. The molecule has 4 rings (SSSR count). The largest absolute Gasteiger partial charge is 0.356 e. The molecule has 2 amide bonds. The maximum absolute atomic E-state index is 12.7. The van der Waals surface area contributed by atoms with Crippen LogP contribution in [0.4, 0.5) is 0 Å². The van der Waals surface area contributed by atoms with E-state index < -0.39 is 0 Å². The van der Waals surface area contributed by atoms with Crippen LogP contribution in [0.15, 0.2) is 54.6 Å². The van der Waals surface area contributed by atoms with Gasteiger partial charge >= 0.3 is 0 Å². The van der Waals surface area contributed by atoms with E-state index in [0.717, 1.165) is 36.9 Å². The van der Waals surface area contributed by atoms with Crippen LogP contribution in [0.1, 0.15) is 24.8 Å². The van der Waals surface area contributed by atoms with Crippen LogP contribution in [0.5, 0.6) is 0 Å². The van der Waals surface area contributed by atoms with Crippen molar-refractivity contribution in [2.45, 2.75) is 25.7 Å². The van der Waals surface area contributed by atoms with E-state index in [2.05, 4.69) is 29.6 Å². The first-order chi connectivity index (χ1) is 12.7. The third-order valence-electron chi connectivity index (χ3n) is 5.72. The molecule has 26 heavy (non-hydrogen) atoms. The fraction of sp³-hybridized carbons (Fsp3) is 0.364. The molecule has 2 aromatic carbocycles. The van der Waals surface area contributed by atoms with E-state index in [9.17, 15) is 9.59 Å². The number of nitrogens with zero attached hydrogens (tertiary/aromatic N) is 1. The highest BCUT2D eigenvalue weighted by Crippen LogP contribution is 2.37. The van der Waals surface area contributed by atoms with Crippen LogP contribution in [0, 0.1) is 5.41 Å². The molecule has 4 heteroatoms. The summed E-state index contributed by atoms with van der Waals surface area (Å²) in [6.45, 7) is 2.02. The van der Waals surface area contributed by atoms with Gasteiger partial charge in [0.15, 0.2) is 0 Å². The van der Waals surface area contributed by atoms with E-state index in [-0.39, 0.29) is 17.2 Å². The average Bonchev–Trinajstić information content (AvgIpc) is 3.11. The van der Waals surface area contributed by atoms with Crippen LogP contribution < -0.4 is 5.32 Å². The fourth-order valence-electron chi connectivity index (χ4n) is 4.14. The molecule has 2 aliphatic rings. The molecule has 2 fully saturated rings. The molecule has 1 atom stereocenters. The third-order valence-corrected chi connectivity index (χ3v) is 5.72. The van der Waals surface area contributed by atoms with Crippen LogP contribution in [0.2, 0.25) is 0 Å². The molecule has 0 saturated carbocycles. The number of hydrogen-bond acceptors (Lipinski definition) is 2. The lowest BCUT2D eigenvalue weighted by atomic mass is 9.79. The summed E-state index contributed by atoms with van der Waals surface area (Å²) in [6.07, 6.45) is 3.09. The van der Waals surface area contributed by atoms with Gasteiger partial charge in [-0.15, -0.1) is 0 Å². The zero-order valence-corrected chi connectivity index (χ0v) is 14.9. The van der Waals surface area contributed by atoms with E-state index in [0.29, 0.717) is 19.5 Å². The normalized spacial score (nSPS) is 22.5. The summed E-state index contributed by atoms with van der Waals surface area (Å²) in [7, 11) is 0. The second-order valence-corrected chi connectivity index (χ2v) is 7.44. The number of benzene rings is 2. The number of amides is 2. The molecule has 0 bridgehead atoms. The van der Waals surface area contributed by atoms with E-state index in [1.165, 1.54) is 5.56 Å². The quantitative estimate of drug-likeness (QED) is 0.927. The lowest BCUT2D eigenvalue weighted by molar-refractivity contribution is -0.134. The number of carbonyl (C=O) groups excluding carboxylic acids is 2. The Kier molecular flexibility index (Phi) is 4.49. The Bertz CT molecular complexity index is 801. The molecule has 0 aliphatic carbocycles. The van der Waals surface area contributed by atoms with Crippen molar-refractivity contribution in [1.82, 2.24) is 10.2 Å². The first-order valence-corrected chi connectivity index (χ1v) is 9.37. The smallest absolute Gasteiger partial charge is 0.228 e. The van der Waals surface area contributed by atoms with Crippen molar-refractivity contribution >= 4 is 11.8 Å². The minimum Gasteiger partial charge on any atom is -0.356 e. The first kappa shape index (κ1) is 16.8. The van der Waals surface area contributed by atoms with E-state index in [1.807, 2.05) is 35.2 Å². The van der Waals surface area contributed by atoms with Gasteiger partial charge in [-0.25, -0.2) is 0 Å². The molecule has 134 valence electrons. The molecular formula is C22H24N2O2. The first-order valence-electron chi connectivity index (χ1n) is 9.37. The van der Waals surface area contributed by atoms with Crippen LogP contribution in [0.3, 0.4) is 0 Å². The van der Waals surface area contributed by atoms with Crippen molar-refractivity contribution in [2.75, 3.05) is 19.6 Å². The summed E-state index contributed by atoms with van der Waals surface area (Å²) < 4.78 is 0. The van der Waals surface area contributed by atoms with Crippen LogP contribution in [-0.4, -0.2) is 36.3 Å². The lowest BCUT2D eigenvalue weighted by Gasteiger charge is -2.32. The van der Waals surface area contributed by atoms with Crippen molar-refractivity contribution in [3.8, 4) is 11.1 Å². The summed E-state index contributed by atoms with van der Waals surface area (Å²) in [4.78, 5) is 26.8. The molecule has 0 aromatic heterocycles. The molecule has 4 nitrogen and oxygen atoms in total.